The Morgan fingerprint density at radius 3 is 2.58 bits per heavy atom. The zero-order valence-corrected chi connectivity index (χ0v) is 18.8. The monoisotopic (exact) mass is 483 g/mol. The minimum absolute atomic E-state index is 0.00819. The normalized spacial score (nSPS) is 35.2. The van der Waals surface area contributed by atoms with Crippen molar-refractivity contribution in [1.82, 2.24) is 21.5 Å². The molecule has 7 unspecified atom stereocenters. The van der Waals surface area contributed by atoms with Gasteiger partial charge in [0.2, 0.25) is 5.91 Å². The van der Waals surface area contributed by atoms with Crippen LogP contribution in [-0.4, -0.2) is 62.4 Å². The number of aliphatic imine (C=N–C) groups is 1. The van der Waals surface area contributed by atoms with Gasteiger partial charge in [0.05, 0.1) is 12.1 Å². The number of nitrogens with one attached hydrogen (secondary N) is 4. The maximum atomic E-state index is 13.8. The summed E-state index contributed by atoms with van der Waals surface area (Å²) in [6, 6.07) is -0.357. The number of hydrazine groups is 1. The number of fused-ring (bicyclic) bond motifs is 1. The van der Waals surface area contributed by atoms with Gasteiger partial charge in [0.25, 0.3) is 0 Å². The van der Waals surface area contributed by atoms with Crippen LogP contribution in [0.15, 0.2) is 4.99 Å². The predicted octanol–water partition coefficient (Wildman–Crippen LogP) is 2.73. The van der Waals surface area contributed by atoms with Crippen LogP contribution in [0, 0.1) is 17.8 Å². The summed E-state index contributed by atoms with van der Waals surface area (Å²) in [4.78, 5) is 17.1. The quantitative estimate of drug-likeness (QED) is 0.194. The lowest BCUT2D eigenvalue weighted by Crippen LogP contribution is -2.54. The molecule has 0 radical (unpaired) electrons. The Balaban J connectivity index is 1.60. The van der Waals surface area contributed by atoms with Gasteiger partial charge in [0, 0.05) is 37.6 Å². The lowest BCUT2D eigenvalue weighted by molar-refractivity contribution is -0.185. The number of hydrogen-bond donors (Lipinski definition) is 4. The number of alkyl halides is 5. The first-order chi connectivity index (χ1) is 15.7. The minimum Gasteiger partial charge on any atom is -0.382 e. The number of carbonyl (C=O) groups excluding carboxylic acids is 1. The largest absolute Gasteiger partial charge is 0.391 e. The standard InChI is InChI=1S/C21H34F5N5O2/c1-2-33-9-3-8-27-20(29-19(32)12-4-7-15(22)16(23)10-12)28-18-14-6-5-13(21(24,25)26)11-17(14)30-31-18/h12-18,30-31H,2-11H2,1H3,(H2,27,28,29,32). The van der Waals surface area contributed by atoms with Crippen LogP contribution in [0.1, 0.15) is 51.9 Å². The summed E-state index contributed by atoms with van der Waals surface area (Å²) < 4.78 is 71.8. The zero-order chi connectivity index (χ0) is 24.0. The molecule has 0 aromatic rings. The van der Waals surface area contributed by atoms with Crippen molar-refractivity contribution in [3.63, 3.8) is 0 Å². The van der Waals surface area contributed by atoms with E-state index < -0.39 is 42.4 Å². The number of hydrogen-bond acceptors (Lipinski definition) is 5. The van der Waals surface area contributed by atoms with E-state index in [-0.39, 0.29) is 50.0 Å². The molecule has 3 aliphatic rings. The van der Waals surface area contributed by atoms with Crippen molar-refractivity contribution in [2.75, 3.05) is 19.8 Å². The second-order valence-electron chi connectivity index (χ2n) is 9.04. The van der Waals surface area contributed by atoms with E-state index in [9.17, 15) is 26.7 Å². The molecular formula is C21H34F5N5O2. The van der Waals surface area contributed by atoms with Crippen LogP contribution in [0.5, 0.6) is 0 Å². The number of nitrogens with zero attached hydrogens (tertiary/aromatic N) is 1. The number of amides is 1. The fraction of sp³-hybridized carbons (Fsp3) is 0.905. The molecule has 7 nitrogen and oxygen atoms in total. The Bertz CT molecular complexity index is 680. The van der Waals surface area contributed by atoms with Gasteiger partial charge in [-0.05, 0) is 51.9 Å². The van der Waals surface area contributed by atoms with Crippen LogP contribution in [0.2, 0.25) is 0 Å². The molecule has 0 aromatic carbocycles. The molecule has 1 heterocycles. The molecule has 1 amide bonds. The molecule has 0 bridgehead atoms. The third-order valence-corrected chi connectivity index (χ3v) is 6.74. The highest BCUT2D eigenvalue weighted by Crippen LogP contribution is 2.41. The van der Waals surface area contributed by atoms with Crippen molar-refractivity contribution in [2.45, 2.75) is 82.6 Å². The molecule has 7 atom stereocenters. The van der Waals surface area contributed by atoms with Gasteiger partial charge in [-0.3, -0.25) is 20.5 Å². The predicted molar refractivity (Wildman–Crippen MR) is 113 cm³/mol. The highest BCUT2D eigenvalue weighted by atomic mass is 19.4. The van der Waals surface area contributed by atoms with Crippen molar-refractivity contribution >= 4 is 11.9 Å². The van der Waals surface area contributed by atoms with Crippen molar-refractivity contribution in [3.05, 3.63) is 0 Å². The summed E-state index contributed by atoms with van der Waals surface area (Å²) in [5.74, 6) is -2.38. The highest BCUT2D eigenvalue weighted by Gasteiger charge is 2.48. The van der Waals surface area contributed by atoms with Crippen LogP contribution in [-0.2, 0) is 9.53 Å². The summed E-state index contributed by atoms with van der Waals surface area (Å²) in [5, 5.41) is 5.79. The van der Waals surface area contributed by atoms with Gasteiger partial charge in [-0.2, -0.15) is 13.2 Å². The summed E-state index contributed by atoms with van der Waals surface area (Å²) in [7, 11) is 0. The van der Waals surface area contributed by atoms with E-state index in [1.54, 1.807) is 0 Å². The molecule has 1 saturated heterocycles. The number of carbonyl (C=O) groups is 1. The average Bonchev–Trinajstić information content (AvgIpc) is 3.16. The molecule has 33 heavy (non-hydrogen) atoms. The van der Waals surface area contributed by atoms with Crippen LogP contribution in [0.3, 0.4) is 0 Å². The maximum Gasteiger partial charge on any atom is 0.391 e. The Hall–Kier alpha value is -1.53. The first-order valence-corrected chi connectivity index (χ1v) is 11.7. The molecule has 3 rings (SSSR count). The number of guanidine groups is 1. The number of rotatable bonds is 7. The lowest BCUT2D eigenvalue weighted by Gasteiger charge is -2.34. The van der Waals surface area contributed by atoms with E-state index in [0.717, 1.165) is 0 Å². The number of halogens is 5. The molecule has 2 aliphatic carbocycles. The van der Waals surface area contributed by atoms with Crippen LogP contribution in [0.4, 0.5) is 22.0 Å². The molecule has 190 valence electrons. The molecule has 12 heteroatoms. The van der Waals surface area contributed by atoms with E-state index in [0.29, 0.717) is 32.6 Å². The van der Waals surface area contributed by atoms with Gasteiger partial charge in [-0.25, -0.2) is 14.2 Å². The molecule has 4 N–H and O–H groups in total. The third-order valence-electron chi connectivity index (χ3n) is 6.74. The molecule has 2 saturated carbocycles. The Kier molecular flexibility index (Phi) is 9.28. The molecule has 3 fully saturated rings. The van der Waals surface area contributed by atoms with Crippen molar-refractivity contribution in [3.8, 4) is 0 Å². The summed E-state index contributed by atoms with van der Waals surface area (Å²) >= 11 is 0. The van der Waals surface area contributed by atoms with Crippen LogP contribution in [0.25, 0.3) is 0 Å². The van der Waals surface area contributed by atoms with Crippen molar-refractivity contribution < 1.29 is 31.5 Å². The molecule has 1 aliphatic heterocycles. The first kappa shape index (κ1) is 26.1. The van der Waals surface area contributed by atoms with E-state index in [4.69, 9.17) is 4.74 Å². The highest BCUT2D eigenvalue weighted by molar-refractivity contribution is 5.98. The average molecular weight is 484 g/mol. The van der Waals surface area contributed by atoms with Crippen molar-refractivity contribution in [1.29, 1.82) is 0 Å². The van der Waals surface area contributed by atoms with Gasteiger partial charge in [-0.15, -0.1) is 0 Å². The molecule has 0 spiro atoms. The Morgan fingerprint density at radius 1 is 1.09 bits per heavy atom. The summed E-state index contributed by atoms with van der Waals surface area (Å²) in [6.07, 6.45) is -6.79. The van der Waals surface area contributed by atoms with Crippen molar-refractivity contribution in [2.24, 2.45) is 22.7 Å². The second-order valence-corrected chi connectivity index (χ2v) is 9.04. The number of ether oxygens (including phenoxy) is 1. The lowest BCUT2D eigenvalue weighted by atomic mass is 9.78. The zero-order valence-electron chi connectivity index (χ0n) is 18.8. The minimum atomic E-state index is -4.22. The summed E-state index contributed by atoms with van der Waals surface area (Å²) in [5.41, 5.74) is 5.92. The van der Waals surface area contributed by atoms with E-state index in [2.05, 4.69) is 26.5 Å². The Morgan fingerprint density at radius 2 is 1.88 bits per heavy atom. The smallest absolute Gasteiger partial charge is 0.382 e. The van der Waals surface area contributed by atoms with E-state index >= 15 is 0 Å². The molecular weight excluding hydrogens is 449 g/mol. The van der Waals surface area contributed by atoms with Gasteiger partial charge >= 0.3 is 6.18 Å². The van der Waals surface area contributed by atoms with Gasteiger partial charge in [-0.1, -0.05) is 0 Å². The fourth-order valence-electron chi connectivity index (χ4n) is 4.81. The molecule has 0 aromatic heterocycles. The maximum absolute atomic E-state index is 13.8. The fourth-order valence-corrected chi connectivity index (χ4v) is 4.81. The second kappa shape index (κ2) is 11.7. The van der Waals surface area contributed by atoms with Gasteiger partial charge in [0.1, 0.15) is 12.3 Å². The van der Waals surface area contributed by atoms with E-state index in [1.165, 1.54) is 0 Å². The van der Waals surface area contributed by atoms with Crippen LogP contribution < -0.4 is 21.5 Å². The van der Waals surface area contributed by atoms with Gasteiger partial charge < -0.3 is 10.1 Å². The Labute approximate surface area is 190 Å². The SMILES string of the molecule is CCOCCCN=C(NC(=O)C1CCC(F)C(F)C1)NC1NNC2CC(C(F)(F)F)CCC21. The topological polar surface area (TPSA) is 86.8 Å². The van der Waals surface area contributed by atoms with Crippen LogP contribution >= 0.6 is 0 Å². The van der Waals surface area contributed by atoms with Gasteiger partial charge in [0.15, 0.2) is 5.96 Å². The third kappa shape index (κ3) is 7.22. The van der Waals surface area contributed by atoms with E-state index in [1.807, 2.05) is 6.92 Å². The first-order valence-electron chi connectivity index (χ1n) is 11.7. The summed E-state index contributed by atoms with van der Waals surface area (Å²) in [6.45, 7) is 3.31.